The first-order chi connectivity index (χ1) is 11.1. The minimum atomic E-state index is -0.974. The summed E-state index contributed by atoms with van der Waals surface area (Å²) in [4.78, 5) is 37.0. The van der Waals surface area contributed by atoms with Crippen LogP contribution in [0, 0.1) is 0 Å². The second-order valence-electron chi connectivity index (χ2n) is 5.72. The minimum absolute atomic E-state index is 0.0368. The third-order valence-electron chi connectivity index (χ3n) is 4.28. The topological polar surface area (TPSA) is 79.6 Å². The molecule has 1 aliphatic heterocycles. The van der Waals surface area contributed by atoms with Gasteiger partial charge in [0.1, 0.15) is 6.04 Å². The van der Waals surface area contributed by atoms with Gasteiger partial charge in [0.05, 0.1) is 5.52 Å². The van der Waals surface area contributed by atoms with E-state index in [0.717, 1.165) is 10.9 Å². The number of carboxylic acid groups (broad SMARTS) is 1. The Balaban J connectivity index is 1.65. The van der Waals surface area contributed by atoms with Crippen LogP contribution < -0.4 is 0 Å². The lowest BCUT2D eigenvalue weighted by Crippen LogP contribution is -2.40. The lowest BCUT2D eigenvalue weighted by Gasteiger charge is -2.21. The Labute approximate surface area is 133 Å². The molecular weight excluding hydrogens is 296 g/mol. The zero-order chi connectivity index (χ0) is 16.4. The number of carbonyl (C=O) groups is 3. The zero-order valence-electron chi connectivity index (χ0n) is 12.6. The van der Waals surface area contributed by atoms with Crippen molar-refractivity contribution in [2.45, 2.75) is 31.7 Å². The molecule has 0 radical (unpaired) electrons. The molecule has 6 heteroatoms. The second kappa shape index (κ2) is 6.24. The minimum Gasteiger partial charge on any atom is -0.480 e. The van der Waals surface area contributed by atoms with Gasteiger partial charge in [-0.05, 0) is 25.0 Å². The number of likely N-dealkylation sites (tertiary alicyclic amines) is 1. The van der Waals surface area contributed by atoms with Crippen molar-refractivity contribution in [1.29, 1.82) is 0 Å². The van der Waals surface area contributed by atoms with E-state index in [4.69, 9.17) is 5.11 Å². The highest BCUT2D eigenvalue weighted by atomic mass is 16.4. The maximum atomic E-state index is 12.3. The number of amides is 1. The summed E-state index contributed by atoms with van der Waals surface area (Å²) in [6.45, 7) is 0.455. The molecular formula is C17H18N2O4. The molecule has 1 unspecified atom stereocenters. The highest BCUT2D eigenvalue weighted by Crippen LogP contribution is 2.20. The Bertz CT molecular complexity index is 765. The Morgan fingerprint density at radius 3 is 2.61 bits per heavy atom. The number of hydrogen-bond donors (Lipinski definition) is 1. The van der Waals surface area contributed by atoms with Crippen molar-refractivity contribution < 1.29 is 19.5 Å². The average molecular weight is 314 g/mol. The van der Waals surface area contributed by atoms with Crippen LogP contribution in [0.1, 0.15) is 30.5 Å². The molecule has 1 fully saturated rings. The van der Waals surface area contributed by atoms with E-state index in [2.05, 4.69) is 0 Å². The molecule has 2 aromatic rings. The Morgan fingerprint density at radius 1 is 1.09 bits per heavy atom. The molecule has 0 aliphatic carbocycles. The number of aromatic nitrogens is 1. The van der Waals surface area contributed by atoms with Crippen molar-refractivity contribution in [2.75, 3.05) is 6.54 Å². The third kappa shape index (κ3) is 2.97. The van der Waals surface area contributed by atoms with Crippen molar-refractivity contribution in [2.24, 2.45) is 0 Å². The number of rotatable bonds is 4. The highest BCUT2D eigenvalue weighted by Gasteiger charge is 2.33. The van der Waals surface area contributed by atoms with Crippen LogP contribution in [0.15, 0.2) is 36.5 Å². The van der Waals surface area contributed by atoms with Crippen LogP contribution in [0.3, 0.4) is 0 Å². The van der Waals surface area contributed by atoms with Crippen LogP contribution in [0.4, 0.5) is 0 Å². The van der Waals surface area contributed by atoms with Gasteiger partial charge in [0.2, 0.25) is 11.8 Å². The fourth-order valence-corrected chi connectivity index (χ4v) is 3.10. The van der Waals surface area contributed by atoms with Gasteiger partial charge in [0.15, 0.2) is 0 Å². The summed E-state index contributed by atoms with van der Waals surface area (Å²) < 4.78 is 1.54. The number of para-hydroxylation sites is 1. The lowest BCUT2D eigenvalue weighted by atomic mass is 10.2. The molecule has 0 spiro atoms. The molecule has 1 N–H and O–H groups in total. The summed E-state index contributed by atoms with van der Waals surface area (Å²) >= 11 is 0. The maximum Gasteiger partial charge on any atom is 0.326 e. The molecule has 23 heavy (non-hydrogen) atoms. The van der Waals surface area contributed by atoms with Gasteiger partial charge in [-0.3, -0.25) is 14.2 Å². The lowest BCUT2D eigenvalue weighted by molar-refractivity contribution is -0.148. The van der Waals surface area contributed by atoms with Crippen molar-refractivity contribution in [3.05, 3.63) is 36.5 Å². The smallest absolute Gasteiger partial charge is 0.326 e. The maximum absolute atomic E-state index is 12.3. The summed E-state index contributed by atoms with van der Waals surface area (Å²) in [6.07, 6.45) is 2.99. The molecule has 6 nitrogen and oxygen atoms in total. The predicted octanol–water partition coefficient (Wildman–Crippen LogP) is 2.14. The van der Waals surface area contributed by atoms with E-state index in [-0.39, 0.29) is 24.7 Å². The standard InChI is InChI=1S/C17H18N2O4/c20-15(18-10-3-6-14(18)17(22)23)7-8-16(21)19-11-9-12-4-1-2-5-13(12)19/h1-2,4-5,9,11,14H,3,6-8,10H2,(H,22,23). The number of benzene rings is 1. The molecule has 1 aliphatic rings. The molecule has 1 saturated heterocycles. The van der Waals surface area contributed by atoms with E-state index in [1.807, 2.05) is 30.3 Å². The first kappa shape index (κ1) is 15.3. The van der Waals surface area contributed by atoms with Crippen LogP contribution in [0.2, 0.25) is 0 Å². The van der Waals surface area contributed by atoms with Gasteiger partial charge in [-0.2, -0.15) is 0 Å². The van der Waals surface area contributed by atoms with Gasteiger partial charge in [-0.1, -0.05) is 18.2 Å². The van der Waals surface area contributed by atoms with E-state index < -0.39 is 12.0 Å². The normalized spacial score (nSPS) is 17.6. The summed E-state index contributed by atoms with van der Waals surface area (Å²) in [5.41, 5.74) is 0.814. The van der Waals surface area contributed by atoms with Gasteiger partial charge >= 0.3 is 5.97 Å². The van der Waals surface area contributed by atoms with Crippen LogP contribution in [-0.2, 0) is 9.59 Å². The molecule has 2 heterocycles. The molecule has 1 aromatic carbocycles. The number of carboxylic acids is 1. The summed E-state index contributed by atoms with van der Waals surface area (Å²) in [5, 5.41) is 10.1. The Kier molecular flexibility index (Phi) is 4.14. The number of nitrogens with zero attached hydrogens (tertiary/aromatic N) is 2. The van der Waals surface area contributed by atoms with Gasteiger partial charge in [0, 0.05) is 31.0 Å². The van der Waals surface area contributed by atoms with Crippen molar-refractivity contribution >= 4 is 28.7 Å². The molecule has 3 rings (SSSR count). The molecule has 120 valence electrons. The van der Waals surface area contributed by atoms with Crippen LogP contribution in [-0.4, -0.2) is 44.9 Å². The summed E-state index contributed by atoms with van der Waals surface area (Å²) in [5.74, 6) is -1.40. The second-order valence-corrected chi connectivity index (χ2v) is 5.72. The fraction of sp³-hybridized carbons (Fsp3) is 0.353. The zero-order valence-corrected chi connectivity index (χ0v) is 12.6. The number of aliphatic carboxylic acids is 1. The number of hydrogen-bond acceptors (Lipinski definition) is 3. The van der Waals surface area contributed by atoms with Crippen molar-refractivity contribution in [3.63, 3.8) is 0 Å². The largest absolute Gasteiger partial charge is 0.480 e. The molecule has 1 amide bonds. The molecule has 0 saturated carbocycles. The monoisotopic (exact) mass is 314 g/mol. The first-order valence-corrected chi connectivity index (χ1v) is 7.69. The van der Waals surface area contributed by atoms with Gasteiger partial charge in [0.25, 0.3) is 0 Å². The number of carbonyl (C=O) groups excluding carboxylic acids is 2. The van der Waals surface area contributed by atoms with Crippen LogP contribution in [0.25, 0.3) is 10.9 Å². The quantitative estimate of drug-likeness (QED) is 0.937. The molecule has 1 atom stereocenters. The van der Waals surface area contributed by atoms with E-state index in [9.17, 15) is 14.4 Å². The predicted molar refractivity (Wildman–Crippen MR) is 84.2 cm³/mol. The van der Waals surface area contributed by atoms with E-state index in [0.29, 0.717) is 19.4 Å². The van der Waals surface area contributed by atoms with Crippen molar-refractivity contribution in [1.82, 2.24) is 9.47 Å². The van der Waals surface area contributed by atoms with E-state index in [1.165, 1.54) is 4.90 Å². The third-order valence-corrected chi connectivity index (χ3v) is 4.28. The van der Waals surface area contributed by atoms with Crippen LogP contribution >= 0.6 is 0 Å². The van der Waals surface area contributed by atoms with Gasteiger partial charge in [-0.25, -0.2) is 4.79 Å². The van der Waals surface area contributed by atoms with E-state index >= 15 is 0 Å². The van der Waals surface area contributed by atoms with Gasteiger partial charge in [-0.15, -0.1) is 0 Å². The van der Waals surface area contributed by atoms with Gasteiger partial charge < -0.3 is 10.0 Å². The van der Waals surface area contributed by atoms with Crippen molar-refractivity contribution in [3.8, 4) is 0 Å². The Hall–Kier alpha value is -2.63. The first-order valence-electron chi connectivity index (χ1n) is 7.69. The molecule has 1 aromatic heterocycles. The summed E-state index contributed by atoms with van der Waals surface area (Å²) in [7, 11) is 0. The van der Waals surface area contributed by atoms with E-state index in [1.54, 1.807) is 10.8 Å². The highest BCUT2D eigenvalue weighted by molar-refractivity contribution is 5.94. The average Bonchev–Trinajstić information content (AvgIpc) is 3.18. The SMILES string of the molecule is O=C(O)C1CCCN1C(=O)CCC(=O)n1ccc2ccccc21. The molecule has 0 bridgehead atoms. The summed E-state index contributed by atoms with van der Waals surface area (Å²) in [6, 6.07) is 8.65. The fourth-order valence-electron chi connectivity index (χ4n) is 3.10. The number of fused-ring (bicyclic) bond motifs is 1. The Morgan fingerprint density at radius 2 is 1.83 bits per heavy atom. The van der Waals surface area contributed by atoms with Crippen LogP contribution in [0.5, 0.6) is 0 Å².